The Morgan fingerprint density at radius 3 is 2.74 bits per heavy atom. The van der Waals surface area contributed by atoms with Gasteiger partial charge in [0.15, 0.2) is 5.82 Å². The van der Waals surface area contributed by atoms with E-state index in [0.29, 0.717) is 27.7 Å². The second-order valence-electron chi connectivity index (χ2n) is 5.31. The van der Waals surface area contributed by atoms with Crippen LogP contribution in [0.1, 0.15) is 15.9 Å². The molecular weight excluding hydrogens is 296 g/mol. The molecule has 0 aliphatic rings. The summed E-state index contributed by atoms with van der Waals surface area (Å²) >= 11 is 0. The summed E-state index contributed by atoms with van der Waals surface area (Å²) in [6.45, 7) is 1.88. The molecule has 0 bridgehead atoms. The van der Waals surface area contributed by atoms with Gasteiger partial charge >= 0.3 is 5.97 Å². The molecule has 3 aromatic rings. The Morgan fingerprint density at radius 1 is 1.30 bits per heavy atom. The molecule has 23 heavy (non-hydrogen) atoms. The van der Waals surface area contributed by atoms with Crippen molar-refractivity contribution < 1.29 is 9.53 Å². The number of esters is 1. The van der Waals surface area contributed by atoms with Gasteiger partial charge in [-0.25, -0.2) is 4.79 Å². The number of rotatable bonds is 2. The minimum absolute atomic E-state index is 0.212. The maximum atomic E-state index is 12.7. The predicted octanol–water partition coefficient (Wildman–Crippen LogP) is 1.61. The Bertz CT molecular complexity index is 985. The number of nitrogens with two attached hydrogens (primary N) is 1. The largest absolute Gasteiger partial charge is 0.465 e. The summed E-state index contributed by atoms with van der Waals surface area (Å²) in [5.74, 6) is -0.180. The van der Waals surface area contributed by atoms with Crippen LogP contribution in [0.25, 0.3) is 22.2 Å². The topological polar surface area (TPSA) is 103 Å². The summed E-state index contributed by atoms with van der Waals surface area (Å²) in [5, 5.41) is 6.74. The van der Waals surface area contributed by atoms with Gasteiger partial charge in [-0.15, -0.1) is 0 Å². The molecule has 7 heteroatoms. The summed E-state index contributed by atoms with van der Waals surface area (Å²) in [7, 11) is 2.96. The number of nitrogens with one attached hydrogen (secondary N) is 1. The lowest BCUT2D eigenvalue weighted by Crippen LogP contribution is -2.19. The van der Waals surface area contributed by atoms with E-state index < -0.39 is 5.97 Å². The third-order valence-corrected chi connectivity index (χ3v) is 3.90. The number of carbonyl (C=O) groups excluding carboxylic acids is 1. The molecular formula is C16H16N4O3. The zero-order valence-corrected chi connectivity index (χ0v) is 13.0. The second kappa shape index (κ2) is 5.28. The molecule has 3 rings (SSSR count). The highest BCUT2D eigenvalue weighted by Crippen LogP contribution is 2.26. The van der Waals surface area contributed by atoms with Crippen LogP contribution >= 0.6 is 0 Å². The van der Waals surface area contributed by atoms with Crippen LogP contribution < -0.4 is 11.3 Å². The van der Waals surface area contributed by atoms with Gasteiger partial charge < -0.3 is 15.0 Å². The number of fused-ring (bicyclic) bond motifs is 1. The Labute approximate surface area is 131 Å². The van der Waals surface area contributed by atoms with Crippen molar-refractivity contribution in [2.45, 2.75) is 6.92 Å². The number of benzene rings is 1. The number of pyridine rings is 1. The van der Waals surface area contributed by atoms with Crippen LogP contribution in [0.2, 0.25) is 0 Å². The molecule has 0 saturated carbocycles. The first-order valence-corrected chi connectivity index (χ1v) is 6.97. The lowest BCUT2D eigenvalue weighted by molar-refractivity contribution is 0.0601. The quantitative estimate of drug-likeness (QED) is 0.700. The lowest BCUT2D eigenvalue weighted by atomic mass is 9.98. The van der Waals surface area contributed by atoms with E-state index in [-0.39, 0.29) is 11.4 Å². The van der Waals surface area contributed by atoms with E-state index >= 15 is 0 Å². The number of nitrogens with zero attached hydrogens (tertiary/aromatic N) is 2. The average Bonchev–Trinajstić information content (AvgIpc) is 2.92. The summed E-state index contributed by atoms with van der Waals surface area (Å²) in [5.41, 5.74) is 9.18. The molecule has 1 aromatic carbocycles. The van der Waals surface area contributed by atoms with Gasteiger partial charge in [0.1, 0.15) is 5.52 Å². The third kappa shape index (κ3) is 2.26. The molecule has 2 heterocycles. The van der Waals surface area contributed by atoms with E-state index in [1.54, 1.807) is 31.3 Å². The molecule has 7 nitrogen and oxygen atoms in total. The Hall–Kier alpha value is -3.09. The fourth-order valence-electron chi connectivity index (χ4n) is 2.66. The zero-order chi connectivity index (χ0) is 16.7. The molecule has 0 aliphatic carbocycles. The van der Waals surface area contributed by atoms with Gasteiger partial charge in [-0.05, 0) is 36.2 Å². The van der Waals surface area contributed by atoms with Crippen molar-refractivity contribution in [3.8, 4) is 11.1 Å². The number of aromatic amines is 1. The lowest BCUT2D eigenvalue weighted by Gasteiger charge is -2.10. The number of methoxy groups -OCH3 is 1. The summed E-state index contributed by atoms with van der Waals surface area (Å²) in [4.78, 5) is 24.4. The number of H-pyrrole nitrogens is 1. The summed E-state index contributed by atoms with van der Waals surface area (Å²) < 4.78 is 6.19. The molecule has 118 valence electrons. The molecule has 0 amide bonds. The highest BCUT2D eigenvalue weighted by Gasteiger charge is 2.16. The smallest absolute Gasteiger partial charge is 0.337 e. The number of hydrogen-bond donors (Lipinski definition) is 2. The Balaban J connectivity index is 2.31. The first kappa shape index (κ1) is 14.8. The van der Waals surface area contributed by atoms with Crippen molar-refractivity contribution in [1.82, 2.24) is 14.8 Å². The molecule has 0 fully saturated rings. The number of aromatic nitrogens is 3. The van der Waals surface area contributed by atoms with Crippen LogP contribution in [-0.2, 0) is 11.8 Å². The van der Waals surface area contributed by atoms with Crippen LogP contribution in [0.4, 0.5) is 5.82 Å². The fraction of sp³-hybridized carbons (Fsp3) is 0.188. The van der Waals surface area contributed by atoms with Crippen LogP contribution in [0.3, 0.4) is 0 Å². The van der Waals surface area contributed by atoms with Crippen LogP contribution in [-0.4, -0.2) is 27.8 Å². The van der Waals surface area contributed by atoms with Crippen molar-refractivity contribution in [3.63, 3.8) is 0 Å². The molecule has 0 saturated heterocycles. The SMILES string of the molecule is COC(=O)c1ccc(C)c(-c2cc3[nH]nc(N)c3n(C)c2=O)c1. The van der Waals surface area contributed by atoms with Crippen molar-refractivity contribution in [1.29, 1.82) is 0 Å². The normalized spacial score (nSPS) is 10.9. The van der Waals surface area contributed by atoms with Gasteiger partial charge in [0.05, 0.1) is 18.2 Å². The molecule has 2 aromatic heterocycles. The van der Waals surface area contributed by atoms with E-state index in [4.69, 9.17) is 10.5 Å². The zero-order valence-electron chi connectivity index (χ0n) is 13.0. The highest BCUT2D eigenvalue weighted by atomic mass is 16.5. The maximum absolute atomic E-state index is 12.7. The molecule has 3 N–H and O–H groups in total. The second-order valence-corrected chi connectivity index (χ2v) is 5.31. The monoisotopic (exact) mass is 312 g/mol. The number of nitrogen functional groups attached to an aromatic ring is 1. The number of anilines is 1. The van der Waals surface area contributed by atoms with Crippen molar-refractivity contribution in [3.05, 3.63) is 45.7 Å². The molecule has 0 atom stereocenters. The summed E-state index contributed by atoms with van der Waals surface area (Å²) in [6, 6.07) is 6.81. The minimum atomic E-state index is -0.449. The van der Waals surface area contributed by atoms with Crippen LogP contribution in [0, 0.1) is 6.92 Å². The van der Waals surface area contributed by atoms with Crippen LogP contribution in [0.5, 0.6) is 0 Å². The van der Waals surface area contributed by atoms with E-state index in [1.807, 2.05) is 6.92 Å². The first-order valence-electron chi connectivity index (χ1n) is 6.97. The Kier molecular flexibility index (Phi) is 3.40. The van der Waals surface area contributed by atoms with Gasteiger partial charge in [-0.2, -0.15) is 5.10 Å². The maximum Gasteiger partial charge on any atom is 0.337 e. The van der Waals surface area contributed by atoms with Crippen molar-refractivity contribution >= 4 is 22.8 Å². The molecule has 0 aliphatic heterocycles. The number of ether oxygens (including phenoxy) is 1. The van der Waals surface area contributed by atoms with Crippen molar-refractivity contribution in [2.24, 2.45) is 7.05 Å². The fourth-order valence-corrected chi connectivity index (χ4v) is 2.66. The van der Waals surface area contributed by atoms with Gasteiger partial charge in [0.2, 0.25) is 0 Å². The number of carbonyl (C=O) groups is 1. The predicted molar refractivity (Wildman–Crippen MR) is 87.3 cm³/mol. The van der Waals surface area contributed by atoms with E-state index in [2.05, 4.69) is 10.2 Å². The van der Waals surface area contributed by atoms with Crippen LogP contribution in [0.15, 0.2) is 29.1 Å². The first-order chi connectivity index (χ1) is 10.9. The minimum Gasteiger partial charge on any atom is -0.465 e. The highest BCUT2D eigenvalue weighted by molar-refractivity contribution is 5.93. The Morgan fingerprint density at radius 2 is 2.04 bits per heavy atom. The average molecular weight is 312 g/mol. The van der Waals surface area contributed by atoms with E-state index in [0.717, 1.165) is 5.56 Å². The van der Waals surface area contributed by atoms with E-state index in [1.165, 1.54) is 11.7 Å². The van der Waals surface area contributed by atoms with Gasteiger partial charge in [-0.1, -0.05) is 6.07 Å². The third-order valence-electron chi connectivity index (χ3n) is 3.90. The van der Waals surface area contributed by atoms with Gasteiger partial charge in [0, 0.05) is 12.6 Å². The van der Waals surface area contributed by atoms with Gasteiger partial charge in [-0.3, -0.25) is 9.89 Å². The molecule has 0 unspecified atom stereocenters. The summed E-state index contributed by atoms with van der Waals surface area (Å²) in [6.07, 6.45) is 0. The molecule has 0 spiro atoms. The van der Waals surface area contributed by atoms with Crippen molar-refractivity contribution in [2.75, 3.05) is 12.8 Å². The number of hydrogen-bond acceptors (Lipinski definition) is 5. The van der Waals surface area contributed by atoms with Gasteiger partial charge in [0.25, 0.3) is 5.56 Å². The van der Waals surface area contributed by atoms with E-state index in [9.17, 15) is 9.59 Å². The standard InChI is InChI=1S/C16H16N4O3/c1-8-4-5-9(16(22)23-3)6-10(8)11-7-12-13(14(17)19-18-12)20(2)15(11)21/h4-7H,1-3H3,(H3,17,18,19). The molecule has 0 radical (unpaired) electrons. The number of aryl methyl sites for hydroxylation is 2.